The van der Waals surface area contributed by atoms with Crippen molar-refractivity contribution in [3.63, 3.8) is 0 Å². The number of phosphoric ester groups is 1. The van der Waals surface area contributed by atoms with E-state index in [0.717, 1.165) is 38.5 Å². The van der Waals surface area contributed by atoms with E-state index in [4.69, 9.17) is 18.5 Å². The van der Waals surface area contributed by atoms with Crippen LogP contribution in [0.2, 0.25) is 0 Å². The standard InChI is InChI=1S/C37H73O8P.Na/c1-4-7-9-11-13-15-17-19-21-23-25-27-29-31-36(38)42-33-35(34-44-46(40,41)43-6-3)45-37(39)32-30-28-26-24-22-20-18-16-14-12-10-8-5-2;/h35H,4-34H2,1-3H3,(H,40,41);/q;+1/t35-;/m1./s1. The Bertz CT molecular complexity index is 739. The minimum absolute atomic E-state index is 0. The molecule has 0 aromatic carbocycles. The maximum absolute atomic E-state index is 12.5. The Labute approximate surface area is 311 Å². The fraction of sp³-hybridized carbons (Fsp3) is 0.946. The topological polar surface area (TPSA) is 108 Å². The average molecular weight is 700 g/mol. The van der Waals surface area contributed by atoms with E-state index in [1.54, 1.807) is 6.92 Å². The number of rotatable bonds is 36. The van der Waals surface area contributed by atoms with Gasteiger partial charge in [-0.05, 0) is 19.8 Å². The molecule has 0 radical (unpaired) electrons. The Morgan fingerprint density at radius 3 is 1.21 bits per heavy atom. The smallest absolute Gasteiger partial charge is 0.462 e. The van der Waals surface area contributed by atoms with Gasteiger partial charge in [0.1, 0.15) is 6.61 Å². The third-order valence-electron chi connectivity index (χ3n) is 8.41. The number of carbonyl (C=O) groups is 2. The number of ether oxygens (including phenoxy) is 2. The van der Waals surface area contributed by atoms with Crippen molar-refractivity contribution in [1.82, 2.24) is 0 Å². The van der Waals surface area contributed by atoms with E-state index in [2.05, 4.69) is 13.8 Å². The van der Waals surface area contributed by atoms with Crippen LogP contribution in [0.25, 0.3) is 0 Å². The average Bonchev–Trinajstić information content (AvgIpc) is 3.03. The Hall–Kier alpha value is 0.0500. The number of carbonyl (C=O) groups excluding carboxylic acids is 2. The summed E-state index contributed by atoms with van der Waals surface area (Å²) < 4.78 is 32.5. The van der Waals surface area contributed by atoms with Crippen LogP contribution in [0.3, 0.4) is 0 Å². The molecule has 0 fully saturated rings. The van der Waals surface area contributed by atoms with Crippen LogP contribution in [-0.2, 0) is 32.7 Å². The summed E-state index contributed by atoms with van der Waals surface area (Å²) >= 11 is 0. The van der Waals surface area contributed by atoms with Gasteiger partial charge in [-0.25, -0.2) is 4.57 Å². The Kier molecular flexibility index (Phi) is 39.0. The van der Waals surface area contributed by atoms with Crippen molar-refractivity contribution in [1.29, 1.82) is 0 Å². The first-order valence-electron chi connectivity index (χ1n) is 19.3. The molecule has 2 atom stereocenters. The van der Waals surface area contributed by atoms with Crippen molar-refractivity contribution >= 4 is 19.8 Å². The van der Waals surface area contributed by atoms with Gasteiger partial charge in [-0.2, -0.15) is 0 Å². The molecule has 1 unspecified atom stereocenters. The van der Waals surface area contributed by atoms with Crippen molar-refractivity contribution in [2.24, 2.45) is 0 Å². The number of hydrogen-bond acceptors (Lipinski definition) is 7. The summed E-state index contributed by atoms with van der Waals surface area (Å²) in [5.74, 6) is -0.786. The fourth-order valence-corrected chi connectivity index (χ4v) is 6.33. The summed E-state index contributed by atoms with van der Waals surface area (Å²) in [5.41, 5.74) is 0. The van der Waals surface area contributed by atoms with E-state index in [1.165, 1.54) is 128 Å². The first kappa shape index (κ1) is 49.2. The van der Waals surface area contributed by atoms with E-state index in [0.29, 0.717) is 6.42 Å². The zero-order valence-corrected chi connectivity index (χ0v) is 34.1. The molecular weight excluding hydrogens is 626 g/mol. The van der Waals surface area contributed by atoms with Gasteiger partial charge < -0.3 is 14.4 Å². The van der Waals surface area contributed by atoms with Gasteiger partial charge in [0, 0.05) is 12.8 Å². The van der Waals surface area contributed by atoms with Crippen LogP contribution < -0.4 is 29.6 Å². The second-order valence-corrected chi connectivity index (χ2v) is 14.4. The number of esters is 2. The first-order valence-corrected chi connectivity index (χ1v) is 20.8. The minimum Gasteiger partial charge on any atom is -0.462 e. The predicted molar refractivity (Wildman–Crippen MR) is 189 cm³/mol. The number of phosphoric acid groups is 1. The third kappa shape index (κ3) is 37.1. The molecule has 47 heavy (non-hydrogen) atoms. The zero-order chi connectivity index (χ0) is 34.0. The molecule has 8 nitrogen and oxygen atoms in total. The summed E-state index contributed by atoms with van der Waals surface area (Å²) in [6.07, 6.45) is 31.5. The van der Waals surface area contributed by atoms with E-state index < -0.39 is 19.9 Å². The SMILES string of the molecule is CCCCCCCCCCCCCCCC(=O)OC[C@H](COP(=O)(O)OCC)OC(=O)CCCCCCCCCCCCCCC.[Na+]. The molecule has 0 amide bonds. The molecule has 0 aliphatic carbocycles. The monoisotopic (exact) mass is 699 g/mol. The van der Waals surface area contributed by atoms with Crippen molar-refractivity contribution in [3.8, 4) is 0 Å². The quantitative estimate of drug-likeness (QED) is 0.0300. The maximum Gasteiger partial charge on any atom is 1.00 e. The van der Waals surface area contributed by atoms with Gasteiger partial charge in [0.2, 0.25) is 0 Å². The van der Waals surface area contributed by atoms with Gasteiger partial charge in [0.15, 0.2) is 6.10 Å². The summed E-state index contributed by atoms with van der Waals surface area (Å²) in [4.78, 5) is 34.6. The van der Waals surface area contributed by atoms with Gasteiger partial charge in [0.25, 0.3) is 0 Å². The molecule has 274 valence electrons. The van der Waals surface area contributed by atoms with Crippen LogP contribution in [0, 0.1) is 0 Å². The van der Waals surface area contributed by atoms with Crippen LogP contribution >= 0.6 is 7.82 Å². The molecular formula is C37H73NaO8P+. The Balaban J connectivity index is 0. The second kappa shape index (κ2) is 37.3. The summed E-state index contributed by atoms with van der Waals surface area (Å²) in [6.45, 7) is 5.48. The normalized spacial score (nSPS) is 13.1. The van der Waals surface area contributed by atoms with Crippen molar-refractivity contribution < 1.29 is 67.1 Å². The van der Waals surface area contributed by atoms with E-state index >= 15 is 0 Å². The summed E-state index contributed by atoms with van der Waals surface area (Å²) in [5, 5.41) is 0. The third-order valence-corrected chi connectivity index (χ3v) is 9.47. The molecule has 0 aliphatic rings. The molecule has 0 rings (SSSR count). The van der Waals surface area contributed by atoms with Crippen LogP contribution in [0.4, 0.5) is 0 Å². The molecule has 0 aromatic heterocycles. The Morgan fingerprint density at radius 2 is 0.851 bits per heavy atom. The fourth-order valence-electron chi connectivity index (χ4n) is 5.57. The van der Waals surface area contributed by atoms with Gasteiger partial charge >= 0.3 is 49.3 Å². The van der Waals surface area contributed by atoms with Crippen LogP contribution in [0.15, 0.2) is 0 Å². The number of unbranched alkanes of at least 4 members (excludes halogenated alkanes) is 24. The van der Waals surface area contributed by atoms with E-state index in [-0.39, 0.29) is 61.8 Å². The molecule has 10 heteroatoms. The van der Waals surface area contributed by atoms with E-state index in [9.17, 15) is 19.0 Å². The second-order valence-electron chi connectivity index (χ2n) is 13.0. The molecule has 0 bridgehead atoms. The molecule has 0 saturated carbocycles. The molecule has 0 spiro atoms. The van der Waals surface area contributed by atoms with Crippen LogP contribution in [-0.4, -0.2) is 42.8 Å². The zero-order valence-electron chi connectivity index (χ0n) is 31.2. The summed E-state index contributed by atoms with van der Waals surface area (Å²) in [6, 6.07) is 0. The number of hydrogen-bond donors (Lipinski definition) is 1. The van der Waals surface area contributed by atoms with Crippen molar-refractivity contribution in [2.75, 3.05) is 19.8 Å². The molecule has 0 saturated heterocycles. The first-order chi connectivity index (χ1) is 22.3. The predicted octanol–water partition coefficient (Wildman–Crippen LogP) is 8.56. The van der Waals surface area contributed by atoms with Gasteiger partial charge in [-0.3, -0.25) is 18.6 Å². The maximum atomic E-state index is 12.5. The van der Waals surface area contributed by atoms with Crippen LogP contribution in [0.1, 0.15) is 201 Å². The Morgan fingerprint density at radius 1 is 0.511 bits per heavy atom. The molecule has 0 aromatic rings. The molecule has 0 heterocycles. The van der Waals surface area contributed by atoms with Gasteiger partial charge in [0.05, 0.1) is 13.2 Å². The largest absolute Gasteiger partial charge is 1.00 e. The van der Waals surface area contributed by atoms with Crippen LogP contribution in [0.5, 0.6) is 0 Å². The van der Waals surface area contributed by atoms with Crippen molar-refractivity contribution in [2.45, 2.75) is 207 Å². The van der Waals surface area contributed by atoms with Gasteiger partial charge in [-0.1, -0.05) is 168 Å². The molecule has 1 N–H and O–H groups in total. The van der Waals surface area contributed by atoms with Gasteiger partial charge in [-0.15, -0.1) is 0 Å². The van der Waals surface area contributed by atoms with E-state index in [1.807, 2.05) is 0 Å². The minimum atomic E-state index is -4.26. The summed E-state index contributed by atoms with van der Waals surface area (Å²) in [7, 11) is -4.26. The van der Waals surface area contributed by atoms with Crippen molar-refractivity contribution in [3.05, 3.63) is 0 Å². The molecule has 0 aliphatic heterocycles.